The second-order valence-corrected chi connectivity index (χ2v) is 4.18. The molecule has 0 atom stereocenters. The van der Waals surface area contributed by atoms with E-state index in [2.05, 4.69) is 0 Å². The summed E-state index contributed by atoms with van der Waals surface area (Å²) in [7, 11) is 0. The molecule has 0 bridgehead atoms. The van der Waals surface area contributed by atoms with Crippen LogP contribution in [0.3, 0.4) is 0 Å². The average molecular weight is 270 g/mol. The summed E-state index contributed by atoms with van der Waals surface area (Å²) in [6.45, 7) is -0.285. The van der Waals surface area contributed by atoms with Crippen LogP contribution in [-0.2, 0) is 0 Å². The van der Waals surface area contributed by atoms with Gasteiger partial charge in [0, 0.05) is 23.7 Å². The predicted molar refractivity (Wildman–Crippen MR) is 59.1 cm³/mol. The summed E-state index contributed by atoms with van der Waals surface area (Å²) in [5, 5.41) is 53.4. The van der Waals surface area contributed by atoms with Crippen LogP contribution in [0.2, 0.25) is 0 Å². The van der Waals surface area contributed by atoms with Crippen molar-refractivity contribution in [2.75, 3.05) is 26.4 Å². The van der Waals surface area contributed by atoms with Crippen LogP contribution >= 0.6 is 0 Å². The summed E-state index contributed by atoms with van der Waals surface area (Å²) in [5.74, 6) is 0. The van der Waals surface area contributed by atoms with Gasteiger partial charge in [0.15, 0.2) is 0 Å². The van der Waals surface area contributed by atoms with Crippen molar-refractivity contribution in [2.45, 2.75) is 24.9 Å². The van der Waals surface area contributed by atoms with Crippen molar-refractivity contribution in [1.82, 2.24) is 0 Å². The highest BCUT2D eigenvalue weighted by Crippen LogP contribution is 2.05. The molecule has 0 heterocycles. The van der Waals surface area contributed by atoms with E-state index >= 15 is 0 Å². The number of nitro groups is 2. The monoisotopic (exact) mass is 270 g/mol. The van der Waals surface area contributed by atoms with Gasteiger partial charge in [-0.05, 0) is 0 Å². The van der Waals surface area contributed by atoms with E-state index in [0.29, 0.717) is 0 Å². The standard InChI is InChI=1S/C4H9NO5.C4H9NO3/c6-1-4(2-7,3-8)5(9)10;1-4(2,3-6)5(7)8/h6-8H,1-3H2;6H,3H2,1-2H3. The fraction of sp³-hybridized carbons (Fsp3) is 1.00. The lowest BCUT2D eigenvalue weighted by molar-refractivity contribution is -0.580. The Hall–Kier alpha value is -1.36. The molecule has 0 aromatic rings. The molecule has 0 aliphatic rings. The van der Waals surface area contributed by atoms with E-state index in [1.165, 1.54) is 13.8 Å². The topological polar surface area (TPSA) is 167 Å². The van der Waals surface area contributed by atoms with E-state index in [4.69, 9.17) is 20.4 Å². The molecule has 4 N–H and O–H groups in total. The zero-order chi connectivity index (χ0) is 15.0. The molecule has 0 aromatic heterocycles. The fourth-order valence-electron chi connectivity index (χ4n) is 0.381. The maximum atomic E-state index is 10.0. The van der Waals surface area contributed by atoms with Gasteiger partial charge in [-0.25, -0.2) is 0 Å². The molecule has 108 valence electrons. The SMILES string of the molecule is CC(C)(CO)[N+](=O)[O-].O=[N+]([O-])C(CO)(CO)CO. The quantitative estimate of drug-likeness (QED) is 0.318. The highest BCUT2D eigenvalue weighted by atomic mass is 16.6. The molecule has 0 aromatic carbocycles. The number of aliphatic hydroxyl groups is 4. The predicted octanol–water partition coefficient (Wildman–Crippen LogP) is -1.99. The van der Waals surface area contributed by atoms with Crippen molar-refractivity contribution in [1.29, 1.82) is 0 Å². The first kappa shape index (κ1) is 19.0. The third-order valence-electron chi connectivity index (χ3n) is 2.15. The van der Waals surface area contributed by atoms with Gasteiger partial charge in [0.05, 0.1) is 0 Å². The van der Waals surface area contributed by atoms with Crippen LogP contribution in [-0.4, -0.2) is 67.8 Å². The molecule has 0 spiro atoms. The van der Waals surface area contributed by atoms with Gasteiger partial charge in [-0.15, -0.1) is 0 Å². The smallest absolute Gasteiger partial charge is 0.289 e. The molecule has 0 aliphatic carbocycles. The maximum Gasteiger partial charge on any atom is 0.289 e. The van der Waals surface area contributed by atoms with Crippen molar-refractivity contribution in [2.24, 2.45) is 0 Å². The Labute approximate surface area is 103 Å². The Morgan fingerprint density at radius 3 is 1.17 bits per heavy atom. The van der Waals surface area contributed by atoms with Crippen molar-refractivity contribution in [3.63, 3.8) is 0 Å². The van der Waals surface area contributed by atoms with E-state index < -0.39 is 47.4 Å². The molecule has 0 aliphatic heterocycles. The van der Waals surface area contributed by atoms with Gasteiger partial charge >= 0.3 is 0 Å². The Morgan fingerprint density at radius 2 is 1.17 bits per heavy atom. The van der Waals surface area contributed by atoms with E-state index in [-0.39, 0.29) is 0 Å². The summed E-state index contributed by atoms with van der Waals surface area (Å²) in [5.41, 5.74) is -3.17. The molecule has 0 rings (SSSR count). The number of rotatable bonds is 6. The third-order valence-corrected chi connectivity index (χ3v) is 2.15. The number of nitrogens with zero attached hydrogens (tertiary/aromatic N) is 2. The summed E-state index contributed by atoms with van der Waals surface area (Å²) in [6.07, 6.45) is 0. The molecule has 0 saturated carbocycles. The molecule has 0 saturated heterocycles. The van der Waals surface area contributed by atoms with Crippen LogP contribution in [0.4, 0.5) is 0 Å². The van der Waals surface area contributed by atoms with Gasteiger partial charge < -0.3 is 20.4 Å². The van der Waals surface area contributed by atoms with Crippen molar-refractivity contribution in [3.8, 4) is 0 Å². The molecule has 0 fully saturated rings. The number of hydrogen-bond acceptors (Lipinski definition) is 8. The van der Waals surface area contributed by atoms with Crippen molar-refractivity contribution in [3.05, 3.63) is 20.2 Å². The van der Waals surface area contributed by atoms with Crippen LogP contribution in [0, 0.1) is 20.2 Å². The van der Waals surface area contributed by atoms with Gasteiger partial charge in [-0.1, -0.05) is 0 Å². The number of hydrogen-bond donors (Lipinski definition) is 4. The molecule has 0 unspecified atom stereocenters. The van der Waals surface area contributed by atoms with Crippen LogP contribution < -0.4 is 0 Å². The second-order valence-electron chi connectivity index (χ2n) is 4.18. The molecular formula is C8H18N2O8. The summed E-state index contributed by atoms with van der Waals surface area (Å²) in [4.78, 5) is 18.5. The summed E-state index contributed by atoms with van der Waals surface area (Å²) >= 11 is 0. The Bertz CT molecular complexity index is 268. The van der Waals surface area contributed by atoms with Crippen LogP contribution in [0.5, 0.6) is 0 Å². The first-order chi connectivity index (χ1) is 8.13. The van der Waals surface area contributed by atoms with Gasteiger partial charge in [-0.2, -0.15) is 0 Å². The molecule has 0 radical (unpaired) electrons. The van der Waals surface area contributed by atoms with Gasteiger partial charge in [0.1, 0.15) is 26.4 Å². The highest BCUT2D eigenvalue weighted by Gasteiger charge is 2.41. The molecule has 0 amide bonds. The first-order valence-electron chi connectivity index (χ1n) is 4.86. The molecule has 10 heteroatoms. The van der Waals surface area contributed by atoms with Crippen LogP contribution in [0.15, 0.2) is 0 Å². The zero-order valence-electron chi connectivity index (χ0n) is 10.1. The van der Waals surface area contributed by atoms with Crippen molar-refractivity contribution < 1.29 is 30.3 Å². The van der Waals surface area contributed by atoms with E-state index in [0.717, 1.165) is 0 Å². The number of aliphatic hydroxyl groups excluding tert-OH is 4. The Balaban J connectivity index is 0. The lowest BCUT2D eigenvalue weighted by atomic mass is 10.1. The third kappa shape index (κ3) is 5.31. The summed E-state index contributed by atoms with van der Waals surface area (Å²) < 4.78 is 0. The second kappa shape index (κ2) is 7.87. The maximum absolute atomic E-state index is 10.0. The minimum atomic E-state index is -1.99. The minimum Gasteiger partial charge on any atom is -0.389 e. The largest absolute Gasteiger partial charge is 0.389 e. The first-order valence-corrected chi connectivity index (χ1v) is 4.86. The van der Waals surface area contributed by atoms with Crippen LogP contribution in [0.25, 0.3) is 0 Å². The average Bonchev–Trinajstić information content (AvgIpc) is 2.32. The molecule has 10 nitrogen and oxygen atoms in total. The van der Waals surface area contributed by atoms with E-state index in [9.17, 15) is 20.2 Å². The minimum absolute atomic E-state index is 0.417. The zero-order valence-corrected chi connectivity index (χ0v) is 10.1. The Morgan fingerprint density at radius 1 is 0.833 bits per heavy atom. The summed E-state index contributed by atoms with van der Waals surface area (Å²) in [6, 6.07) is 0. The van der Waals surface area contributed by atoms with E-state index in [1.807, 2.05) is 0 Å². The molecule has 18 heavy (non-hydrogen) atoms. The van der Waals surface area contributed by atoms with E-state index in [1.54, 1.807) is 0 Å². The van der Waals surface area contributed by atoms with Gasteiger partial charge in [0.25, 0.3) is 5.54 Å². The van der Waals surface area contributed by atoms with Crippen molar-refractivity contribution >= 4 is 0 Å². The van der Waals surface area contributed by atoms with Crippen LogP contribution in [0.1, 0.15) is 13.8 Å². The molecular weight excluding hydrogens is 252 g/mol. The fourth-order valence-corrected chi connectivity index (χ4v) is 0.381. The van der Waals surface area contributed by atoms with Gasteiger partial charge in [0.2, 0.25) is 5.54 Å². The Kier molecular flexibility index (Phi) is 8.30. The lowest BCUT2D eigenvalue weighted by Gasteiger charge is -2.16. The highest BCUT2D eigenvalue weighted by molar-refractivity contribution is 4.75. The normalized spacial score (nSPS) is 11.4. The lowest BCUT2D eigenvalue weighted by Crippen LogP contribution is -2.49. The van der Waals surface area contributed by atoms with Gasteiger partial charge in [-0.3, -0.25) is 20.2 Å².